The first-order valence-electron chi connectivity index (χ1n) is 9.70. The van der Waals surface area contributed by atoms with Gasteiger partial charge in [0.25, 0.3) is 17.0 Å². The third-order valence-electron chi connectivity index (χ3n) is 5.89. The molecule has 2 aliphatic heterocycles. The summed E-state index contributed by atoms with van der Waals surface area (Å²) >= 11 is 0. The van der Waals surface area contributed by atoms with Gasteiger partial charge in [-0.25, -0.2) is 9.48 Å². The molecule has 1 aromatic heterocycles. The summed E-state index contributed by atoms with van der Waals surface area (Å²) in [6.07, 6.45) is 0. The van der Waals surface area contributed by atoms with E-state index in [1.807, 2.05) is 0 Å². The second-order valence-corrected chi connectivity index (χ2v) is 7.35. The van der Waals surface area contributed by atoms with Crippen LogP contribution in [-0.4, -0.2) is 34.9 Å². The maximum atomic E-state index is 13.8. The van der Waals surface area contributed by atoms with Crippen molar-refractivity contribution >= 4 is 34.2 Å². The summed E-state index contributed by atoms with van der Waals surface area (Å²) in [6.45, 7) is 1.64. The minimum Gasteiger partial charge on any atom is -0.462 e. The molecule has 1 unspecified atom stereocenters. The maximum Gasteiger partial charge on any atom is 0.341 e. The lowest BCUT2D eigenvalue weighted by Gasteiger charge is -2.27. The third-order valence-corrected chi connectivity index (χ3v) is 5.89. The van der Waals surface area contributed by atoms with E-state index in [0.717, 1.165) is 9.36 Å². The maximum absolute atomic E-state index is 13.8. The Labute approximate surface area is 175 Å². The monoisotopic (exact) mass is 418 g/mol. The molecule has 5 rings (SSSR count). The third kappa shape index (κ3) is 2.04. The average Bonchev–Trinajstić information content (AvgIpc) is 3.17. The first-order chi connectivity index (χ1) is 14.9. The highest BCUT2D eigenvalue weighted by molar-refractivity contribution is 6.17. The molecule has 1 amide bonds. The lowest BCUT2D eigenvalue weighted by Crippen LogP contribution is -2.53. The number of likely N-dealkylation sites (N-methyl/N-ethyl adjacent to an activating group) is 1. The molecule has 0 aliphatic carbocycles. The van der Waals surface area contributed by atoms with Crippen LogP contribution in [0.25, 0.3) is 16.6 Å². The van der Waals surface area contributed by atoms with Gasteiger partial charge in [0.15, 0.2) is 0 Å². The Balaban J connectivity index is 2.04. The van der Waals surface area contributed by atoms with Crippen LogP contribution in [0.5, 0.6) is 0 Å². The molecule has 9 nitrogen and oxygen atoms in total. The number of carbonyl (C=O) groups excluding carboxylic acids is 2. The molecule has 1 spiro atoms. The van der Waals surface area contributed by atoms with Crippen molar-refractivity contribution in [1.82, 2.24) is 9.36 Å². The van der Waals surface area contributed by atoms with E-state index in [1.54, 1.807) is 50.4 Å². The van der Waals surface area contributed by atoms with Crippen molar-refractivity contribution in [3.05, 3.63) is 80.4 Å². The summed E-state index contributed by atoms with van der Waals surface area (Å²) in [4.78, 5) is 55.2. The molecule has 0 radical (unpaired) electrons. The first kappa shape index (κ1) is 18.9. The first-order valence-corrected chi connectivity index (χ1v) is 9.70. The fraction of sp³-hybridized carbons (Fsp3) is 0.182. The number of benzene rings is 2. The zero-order valence-electron chi connectivity index (χ0n) is 16.8. The van der Waals surface area contributed by atoms with Gasteiger partial charge in [0.1, 0.15) is 11.4 Å². The van der Waals surface area contributed by atoms with Crippen LogP contribution in [0.15, 0.2) is 63.7 Å². The minimum atomic E-state index is -1.94. The normalized spacial score (nSPS) is 19.3. The second-order valence-electron chi connectivity index (χ2n) is 7.35. The highest BCUT2D eigenvalue weighted by Crippen LogP contribution is 2.49. The molecule has 1 atom stereocenters. The Morgan fingerprint density at radius 2 is 1.61 bits per heavy atom. The van der Waals surface area contributed by atoms with Crippen molar-refractivity contribution in [2.75, 3.05) is 18.6 Å². The number of carbonyl (C=O) groups is 2. The minimum absolute atomic E-state index is 0.0273. The van der Waals surface area contributed by atoms with Gasteiger partial charge in [-0.15, -0.1) is 0 Å². The van der Waals surface area contributed by atoms with Crippen molar-refractivity contribution in [3.8, 4) is 0 Å². The number of fused-ring (bicyclic) bond motifs is 5. The van der Waals surface area contributed by atoms with Crippen LogP contribution in [0.3, 0.4) is 0 Å². The number of nitrogens with two attached hydrogens (primary N) is 1. The topological polar surface area (TPSA) is 117 Å². The molecule has 3 aromatic rings. The van der Waals surface area contributed by atoms with Crippen molar-refractivity contribution in [1.29, 1.82) is 0 Å². The molecule has 0 saturated carbocycles. The number of rotatable bonds is 2. The van der Waals surface area contributed by atoms with E-state index in [0.29, 0.717) is 11.3 Å². The van der Waals surface area contributed by atoms with Crippen LogP contribution in [0.4, 0.5) is 5.69 Å². The highest BCUT2D eigenvalue weighted by atomic mass is 16.5. The number of para-hydroxylation sites is 1. The largest absolute Gasteiger partial charge is 0.462 e. The molecule has 2 N–H and O–H groups in total. The van der Waals surface area contributed by atoms with E-state index in [9.17, 15) is 19.2 Å². The van der Waals surface area contributed by atoms with Crippen LogP contribution < -0.4 is 21.8 Å². The molecule has 31 heavy (non-hydrogen) atoms. The van der Waals surface area contributed by atoms with Gasteiger partial charge in [-0.2, -0.15) is 4.68 Å². The standard InChI is InChI=1S/C22H18N4O5/c1-3-31-20(29)16-17(23)25-18(27)12-8-4-5-9-13(12)19(28)26(25)22(16)14-10-6-7-11-15(14)24(2)21(22)30/h4-11H,3,23H2,1-2H3. The fourth-order valence-electron chi connectivity index (χ4n) is 4.62. The van der Waals surface area contributed by atoms with E-state index in [2.05, 4.69) is 0 Å². The van der Waals surface area contributed by atoms with Crippen LogP contribution in [-0.2, 0) is 19.9 Å². The van der Waals surface area contributed by atoms with Crippen LogP contribution in [0.2, 0.25) is 0 Å². The number of aromatic nitrogens is 2. The SMILES string of the molecule is CCOC(=O)C1=C(N)n2c(=O)c3ccccc3c(=O)n2C12C(=O)N(C)c1ccccc12. The van der Waals surface area contributed by atoms with E-state index in [4.69, 9.17) is 10.5 Å². The van der Waals surface area contributed by atoms with Gasteiger partial charge < -0.3 is 15.4 Å². The number of ether oxygens (including phenoxy) is 1. The van der Waals surface area contributed by atoms with Gasteiger partial charge in [0.05, 0.1) is 17.4 Å². The van der Waals surface area contributed by atoms with Gasteiger partial charge in [0, 0.05) is 18.3 Å². The molecular formula is C22H18N4O5. The lowest BCUT2D eigenvalue weighted by atomic mass is 9.84. The van der Waals surface area contributed by atoms with Crippen molar-refractivity contribution < 1.29 is 14.3 Å². The summed E-state index contributed by atoms with van der Waals surface area (Å²) in [6, 6.07) is 13.0. The number of amides is 1. The van der Waals surface area contributed by atoms with E-state index < -0.39 is 28.5 Å². The molecular weight excluding hydrogens is 400 g/mol. The second kappa shape index (κ2) is 6.18. The number of nitrogens with zero attached hydrogens (tertiary/aromatic N) is 3. The predicted octanol–water partition coefficient (Wildman–Crippen LogP) is 0.587. The molecule has 0 fully saturated rings. The fourth-order valence-corrected chi connectivity index (χ4v) is 4.62. The summed E-state index contributed by atoms with van der Waals surface area (Å²) < 4.78 is 7.14. The van der Waals surface area contributed by atoms with Gasteiger partial charge >= 0.3 is 5.97 Å². The Kier molecular flexibility index (Phi) is 3.76. The average molecular weight is 418 g/mol. The number of esters is 1. The van der Waals surface area contributed by atoms with Gasteiger partial charge in [0.2, 0.25) is 5.54 Å². The van der Waals surface area contributed by atoms with E-state index in [-0.39, 0.29) is 28.8 Å². The summed E-state index contributed by atoms with van der Waals surface area (Å²) in [5.74, 6) is -1.75. The summed E-state index contributed by atoms with van der Waals surface area (Å²) in [5.41, 5.74) is 3.78. The van der Waals surface area contributed by atoms with Crippen LogP contribution in [0.1, 0.15) is 12.5 Å². The Hall–Kier alpha value is -4.14. The molecule has 9 heteroatoms. The predicted molar refractivity (Wildman–Crippen MR) is 113 cm³/mol. The van der Waals surface area contributed by atoms with Gasteiger partial charge in [-0.3, -0.25) is 14.4 Å². The summed E-state index contributed by atoms with van der Waals surface area (Å²) in [5, 5.41) is 0.264. The molecule has 156 valence electrons. The molecule has 0 saturated heterocycles. The van der Waals surface area contributed by atoms with Gasteiger partial charge in [-0.1, -0.05) is 30.3 Å². The zero-order valence-corrected chi connectivity index (χ0v) is 16.8. The van der Waals surface area contributed by atoms with Crippen LogP contribution in [0, 0.1) is 0 Å². The van der Waals surface area contributed by atoms with E-state index >= 15 is 0 Å². The molecule has 0 bridgehead atoms. The summed E-state index contributed by atoms with van der Waals surface area (Å²) in [7, 11) is 1.54. The quantitative estimate of drug-likeness (QED) is 0.609. The van der Waals surface area contributed by atoms with E-state index in [1.165, 1.54) is 17.0 Å². The van der Waals surface area contributed by atoms with Crippen molar-refractivity contribution in [2.24, 2.45) is 5.73 Å². The highest BCUT2D eigenvalue weighted by Gasteiger charge is 2.62. The number of hydrogen-bond donors (Lipinski definition) is 1. The lowest BCUT2D eigenvalue weighted by molar-refractivity contribution is -0.141. The van der Waals surface area contributed by atoms with Crippen LogP contribution >= 0.6 is 0 Å². The molecule has 3 heterocycles. The smallest absolute Gasteiger partial charge is 0.341 e. The Morgan fingerprint density at radius 1 is 1.00 bits per heavy atom. The van der Waals surface area contributed by atoms with Gasteiger partial charge in [-0.05, 0) is 25.1 Å². The number of hydrogen-bond acceptors (Lipinski definition) is 6. The Bertz CT molecular complexity index is 1460. The molecule has 2 aromatic carbocycles. The van der Waals surface area contributed by atoms with Crippen molar-refractivity contribution in [2.45, 2.75) is 12.5 Å². The van der Waals surface area contributed by atoms with Crippen molar-refractivity contribution in [3.63, 3.8) is 0 Å². The number of anilines is 1. The zero-order chi connectivity index (χ0) is 22.1. The Morgan fingerprint density at radius 3 is 2.29 bits per heavy atom. The molecule has 2 aliphatic rings.